The molecule has 1 rings (SSSR count). The van der Waals surface area contributed by atoms with Crippen molar-refractivity contribution < 1.29 is 5.11 Å². The zero-order valence-electron chi connectivity index (χ0n) is 8.76. The summed E-state index contributed by atoms with van der Waals surface area (Å²) in [6.07, 6.45) is 0.878. The molecule has 14 heavy (non-hydrogen) atoms. The van der Waals surface area contributed by atoms with Gasteiger partial charge in [0.2, 0.25) is 0 Å². The molecule has 0 aliphatic carbocycles. The average molecular weight is 214 g/mol. The molecule has 0 amide bonds. The standard InChI is InChI=1S/C11H16ClNO/c1-4-7-5-8(11(2,3)13)10(14)9(12)6-7/h5-6,14H,4,13H2,1-3H3. The SMILES string of the molecule is CCc1cc(Cl)c(O)c(C(C)(C)N)c1. The van der Waals surface area contributed by atoms with E-state index in [1.165, 1.54) is 0 Å². The van der Waals surface area contributed by atoms with E-state index in [0.29, 0.717) is 10.6 Å². The van der Waals surface area contributed by atoms with E-state index in [4.69, 9.17) is 17.3 Å². The van der Waals surface area contributed by atoms with Gasteiger partial charge in [0.25, 0.3) is 0 Å². The molecule has 3 heteroatoms. The smallest absolute Gasteiger partial charge is 0.139 e. The maximum absolute atomic E-state index is 9.74. The molecule has 0 spiro atoms. The third-order valence-electron chi connectivity index (χ3n) is 2.23. The molecular formula is C11H16ClNO. The van der Waals surface area contributed by atoms with E-state index in [1.54, 1.807) is 6.07 Å². The lowest BCUT2D eigenvalue weighted by Gasteiger charge is -2.22. The molecule has 0 unspecified atom stereocenters. The average Bonchev–Trinajstić information content (AvgIpc) is 2.07. The van der Waals surface area contributed by atoms with Gasteiger partial charge in [0.15, 0.2) is 0 Å². The molecule has 78 valence electrons. The van der Waals surface area contributed by atoms with E-state index >= 15 is 0 Å². The van der Waals surface area contributed by atoms with Crippen molar-refractivity contribution in [3.8, 4) is 5.75 Å². The van der Waals surface area contributed by atoms with Crippen molar-refractivity contribution in [1.29, 1.82) is 0 Å². The van der Waals surface area contributed by atoms with E-state index in [0.717, 1.165) is 12.0 Å². The summed E-state index contributed by atoms with van der Waals surface area (Å²) in [5, 5.41) is 10.1. The van der Waals surface area contributed by atoms with Crippen molar-refractivity contribution >= 4 is 11.6 Å². The predicted octanol–water partition coefficient (Wildman–Crippen LogP) is 2.80. The summed E-state index contributed by atoms with van der Waals surface area (Å²) >= 11 is 5.90. The van der Waals surface area contributed by atoms with Crippen molar-refractivity contribution in [3.63, 3.8) is 0 Å². The number of hydrogen-bond acceptors (Lipinski definition) is 2. The van der Waals surface area contributed by atoms with Crippen LogP contribution in [0, 0.1) is 0 Å². The van der Waals surface area contributed by atoms with Crippen LogP contribution in [0.2, 0.25) is 5.02 Å². The Kier molecular flexibility index (Phi) is 3.07. The van der Waals surface area contributed by atoms with E-state index in [1.807, 2.05) is 26.8 Å². The van der Waals surface area contributed by atoms with Crippen LogP contribution in [0.15, 0.2) is 12.1 Å². The van der Waals surface area contributed by atoms with Gasteiger partial charge in [0.1, 0.15) is 5.75 Å². The fraction of sp³-hybridized carbons (Fsp3) is 0.455. The third kappa shape index (κ3) is 2.20. The Balaban J connectivity index is 3.35. The van der Waals surface area contributed by atoms with Crippen molar-refractivity contribution in [2.75, 3.05) is 0 Å². The third-order valence-corrected chi connectivity index (χ3v) is 2.51. The van der Waals surface area contributed by atoms with E-state index < -0.39 is 5.54 Å². The fourth-order valence-electron chi connectivity index (χ4n) is 1.35. The van der Waals surface area contributed by atoms with Gasteiger partial charge >= 0.3 is 0 Å². The first-order chi connectivity index (χ1) is 6.36. The van der Waals surface area contributed by atoms with E-state index in [2.05, 4.69) is 0 Å². The Morgan fingerprint density at radius 2 is 2.00 bits per heavy atom. The summed E-state index contributed by atoms with van der Waals surface area (Å²) in [5.74, 6) is 0.0939. The van der Waals surface area contributed by atoms with Crippen LogP contribution in [-0.2, 0) is 12.0 Å². The molecule has 0 atom stereocenters. The van der Waals surface area contributed by atoms with Gasteiger partial charge in [-0.1, -0.05) is 24.6 Å². The molecule has 1 aromatic carbocycles. The lowest BCUT2D eigenvalue weighted by molar-refractivity contribution is 0.440. The minimum absolute atomic E-state index is 0.0939. The monoisotopic (exact) mass is 213 g/mol. The maximum Gasteiger partial charge on any atom is 0.139 e. The molecule has 0 aliphatic heterocycles. The number of aromatic hydroxyl groups is 1. The molecule has 0 saturated carbocycles. The van der Waals surface area contributed by atoms with Gasteiger partial charge in [-0.15, -0.1) is 0 Å². The second-order valence-electron chi connectivity index (χ2n) is 4.05. The molecule has 0 fully saturated rings. The molecular weight excluding hydrogens is 198 g/mol. The minimum Gasteiger partial charge on any atom is -0.506 e. The topological polar surface area (TPSA) is 46.2 Å². The molecule has 0 radical (unpaired) electrons. The van der Waals surface area contributed by atoms with Crippen LogP contribution in [0.5, 0.6) is 5.75 Å². The molecule has 0 aliphatic rings. The Hall–Kier alpha value is -0.730. The fourth-order valence-corrected chi connectivity index (χ4v) is 1.59. The van der Waals surface area contributed by atoms with Gasteiger partial charge in [-0.25, -0.2) is 0 Å². The van der Waals surface area contributed by atoms with Crippen LogP contribution in [-0.4, -0.2) is 5.11 Å². The summed E-state index contributed by atoms with van der Waals surface area (Å²) in [5.41, 5.74) is 7.14. The van der Waals surface area contributed by atoms with Gasteiger partial charge in [-0.05, 0) is 31.9 Å². The van der Waals surface area contributed by atoms with Gasteiger partial charge < -0.3 is 10.8 Å². The highest BCUT2D eigenvalue weighted by Crippen LogP contribution is 2.34. The number of aryl methyl sites for hydroxylation is 1. The first-order valence-electron chi connectivity index (χ1n) is 4.67. The van der Waals surface area contributed by atoms with Crippen LogP contribution in [0.3, 0.4) is 0 Å². The molecule has 2 nitrogen and oxygen atoms in total. The minimum atomic E-state index is -0.571. The summed E-state index contributed by atoms with van der Waals surface area (Å²) in [6.45, 7) is 5.73. The van der Waals surface area contributed by atoms with Gasteiger partial charge in [0, 0.05) is 11.1 Å². The lowest BCUT2D eigenvalue weighted by atomic mass is 9.92. The quantitative estimate of drug-likeness (QED) is 0.794. The zero-order chi connectivity index (χ0) is 10.9. The van der Waals surface area contributed by atoms with Gasteiger partial charge in [-0.2, -0.15) is 0 Å². The predicted molar refractivity (Wildman–Crippen MR) is 59.7 cm³/mol. The van der Waals surface area contributed by atoms with Gasteiger partial charge in [-0.3, -0.25) is 0 Å². The van der Waals surface area contributed by atoms with Crippen LogP contribution < -0.4 is 5.73 Å². The van der Waals surface area contributed by atoms with Crippen molar-refractivity contribution in [2.24, 2.45) is 5.73 Å². The van der Waals surface area contributed by atoms with Crippen molar-refractivity contribution in [2.45, 2.75) is 32.7 Å². The number of rotatable bonds is 2. The highest BCUT2D eigenvalue weighted by Gasteiger charge is 2.20. The Labute approximate surface area is 89.7 Å². The summed E-state index contributed by atoms with van der Waals surface area (Å²) in [4.78, 5) is 0. The Morgan fingerprint density at radius 1 is 1.43 bits per heavy atom. The number of hydrogen-bond donors (Lipinski definition) is 2. The van der Waals surface area contributed by atoms with Crippen LogP contribution >= 0.6 is 11.6 Å². The highest BCUT2D eigenvalue weighted by molar-refractivity contribution is 6.32. The zero-order valence-corrected chi connectivity index (χ0v) is 9.52. The summed E-state index contributed by atoms with van der Waals surface area (Å²) in [6, 6.07) is 3.67. The Morgan fingerprint density at radius 3 is 2.43 bits per heavy atom. The summed E-state index contributed by atoms with van der Waals surface area (Å²) in [7, 11) is 0. The molecule has 0 saturated heterocycles. The molecule has 1 aromatic rings. The first-order valence-corrected chi connectivity index (χ1v) is 5.04. The number of halogens is 1. The molecule has 0 aromatic heterocycles. The first kappa shape index (κ1) is 11.3. The molecule has 0 heterocycles. The number of phenols is 1. The van der Waals surface area contributed by atoms with Crippen LogP contribution in [0.4, 0.5) is 0 Å². The lowest BCUT2D eigenvalue weighted by Crippen LogP contribution is -2.28. The largest absolute Gasteiger partial charge is 0.506 e. The van der Waals surface area contributed by atoms with E-state index in [9.17, 15) is 5.11 Å². The van der Waals surface area contributed by atoms with E-state index in [-0.39, 0.29) is 5.75 Å². The second kappa shape index (κ2) is 3.79. The number of phenolic OH excluding ortho intramolecular Hbond substituents is 1. The highest BCUT2D eigenvalue weighted by atomic mass is 35.5. The van der Waals surface area contributed by atoms with Crippen molar-refractivity contribution in [3.05, 3.63) is 28.3 Å². The molecule has 0 bridgehead atoms. The maximum atomic E-state index is 9.74. The summed E-state index contributed by atoms with van der Waals surface area (Å²) < 4.78 is 0. The Bertz CT molecular complexity index is 342. The van der Waals surface area contributed by atoms with Crippen LogP contribution in [0.1, 0.15) is 31.9 Å². The van der Waals surface area contributed by atoms with Crippen LogP contribution in [0.25, 0.3) is 0 Å². The normalized spacial score (nSPS) is 11.8. The van der Waals surface area contributed by atoms with Crippen molar-refractivity contribution in [1.82, 2.24) is 0 Å². The van der Waals surface area contributed by atoms with Gasteiger partial charge in [0.05, 0.1) is 5.02 Å². The second-order valence-corrected chi connectivity index (χ2v) is 4.46. The number of benzene rings is 1. The molecule has 3 N–H and O–H groups in total. The number of nitrogens with two attached hydrogens (primary N) is 1.